The van der Waals surface area contributed by atoms with E-state index in [0.29, 0.717) is 5.56 Å². The minimum atomic E-state index is -3.23. The molecule has 6 heteroatoms. The second-order valence-corrected chi connectivity index (χ2v) is 7.37. The topological polar surface area (TPSA) is 75.3 Å². The molecule has 0 atom stereocenters. The fourth-order valence-electron chi connectivity index (χ4n) is 2.95. The first-order valence-corrected chi connectivity index (χ1v) is 9.11. The van der Waals surface area contributed by atoms with Crippen LogP contribution in [0.3, 0.4) is 0 Å². The number of hydrogen-bond acceptors (Lipinski definition) is 3. The van der Waals surface area contributed by atoms with Gasteiger partial charge in [-0.05, 0) is 40.8 Å². The molecular weight excluding hydrogens is 300 g/mol. The normalized spacial score (nSPS) is 13.5. The number of rotatable bonds is 5. The molecule has 2 aromatic rings. The van der Waals surface area contributed by atoms with Gasteiger partial charge in [0.25, 0.3) is 5.91 Å². The summed E-state index contributed by atoms with van der Waals surface area (Å²) in [4.78, 5) is 12.3. The molecule has 0 aromatic heterocycles. The van der Waals surface area contributed by atoms with Gasteiger partial charge < -0.3 is 5.32 Å². The summed E-state index contributed by atoms with van der Waals surface area (Å²) in [6.45, 7) is 0.445. The molecule has 3 rings (SSSR count). The number of carbonyl (C=O) groups is 1. The molecule has 0 saturated carbocycles. The predicted molar refractivity (Wildman–Crippen MR) is 86.5 cm³/mol. The highest BCUT2D eigenvalue weighted by atomic mass is 32.2. The van der Waals surface area contributed by atoms with E-state index < -0.39 is 10.0 Å². The third-order valence-electron chi connectivity index (χ3n) is 3.90. The van der Waals surface area contributed by atoms with Crippen molar-refractivity contribution in [3.05, 3.63) is 47.0 Å². The maximum absolute atomic E-state index is 12.3. The lowest BCUT2D eigenvalue weighted by atomic mass is 9.99. The third-order valence-corrected chi connectivity index (χ3v) is 4.62. The molecule has 22 heavy (non-hydrogen) atoms. The van der Waals surface area contributed by atoms with Gasteiger partial charge in [0.15, 0.2) is 0 Å². The number of amides is 1. The predicted octanol–water partition coefficient (Wildman–Crippen LogP) is 1.22. The third kappa shape index (κ3) is 2.98. The molecule has 1 amide bonds. The van der Waals surface area contributed by atoms with Crippen LogP contribution in [0.5, 0.6) is 0 Å². The number of sulfonamides is 1. The highest BCUT2D eigenvalue weighted by Crippen LogP contribution is 2.32. The number of aryl methyl sites for hydroxylation is 2. The van der Waals surface area contributed by atoms with Gasteiger partial charge in [0.05, 0.1) is 6.26 Å². The molecule has 0 fully saturated rings. The Labute approximate surface area is 129 Å². The van der Waals surface area contributed by atoms with Crippen molar-refractivity contribution in [2.24, 2.45) is 0 Å². The summed E-state index contributed by atoms with van der Waals surface area (Å²) < 4.78 is 24.3. The SMILES string of the molecule is CS(=O)(=O)NCCNC(=O)c1ccc2c3c(cccc13)CC2. The summed E-state index contributed by atoms with van der Waals surface area (Å²) in [5.74, 6) is -0.175. The Bertz CT molecular complexity index is 834. The monoisotopic (exact) mass is 318 g/mol. The Balaban J connectivity index is 1.78. The first-order valence-electron chi connectivity index (χ1n) is 7.22. The minimum absolute atomic E-state index is 0.175. The zero-order chi connectivity index (χ0) is 15.7. The fraction of sp³-hybridized carbons (Fsp3) is 0.312. The number of benzene rings is 2. The van der Waals surface area contributed by atoms with E-state index in [-0.39, 0.29) is 19.0 Å². The molecule has 116 valence electrons. The first-order chi connectivity index (χ1) is 10.5. The van der Waals surface area contributed by atoms with Crippen LogP contribution >= 0.6 is 0 Å². The van der Waals surface area contributed by atoms with E-state index in [1.807, 2.05) is 24.3 Å². The Morgan fingerprint density at radius 2 is 1.82 bits per heavy atom. The summed E-state index contributed by atoms with van der Waals surface area (Å²) in [7, 11) is -3.23. The number of nitrogens with one attached hydrogen (secondary N) is 2. The van der Waals surface area contributed by atoms with Crippen LogP contribution in [0.4, 0.5) is 0 Å². The van der Waals surface area contributed by atoms with Gasteiger partial charge in [-0.3, -0.25) is 4.79 Å². The molecule has 2 N–H and O–H groups in total. The van der Waals surface area contributed by atoms with Crippen LogP contribution in [0.25, 0.3) is 10.8 Å². The average molecular weight is 318 g/mol. The molecule has 1 aliphatic rings. The van der Waals surface area contributed by atoms with Crippen molar-refractivity contribution in [3.8, 4) is 0 Å². The van der Waals surface area contributed by atoms with Crippen LogP contribution in [-0.2, 0) is 22.9 Å². The maximum atomic E-state index is 12.3. The van der Waals surface area contributed by atoms with Gasteiger partial charge in [0, 0.05) is 18.7 Å². The Morgan fingerprint density at radius 1 is 1.09 bits per heavy atom. The largest absolute Gasteiger partial charge is 0.351 e. The van der Waals surface area contributed by atoms with Gasteiger partial charge >= 0.3 is 0 Å². The molecule has 0 unspecified atom stereocenters. The highest BCUT2D eigenvalue weighted by molar-refractivity contribution is 7.88. The van der Waals surface area contributed by atoms with Crippen LogP contribution in [-0.4, -0.2) is 33.7 Å². The zero-order valence-electron chi connectivity index (χ0n) is 12.3. The van der Waals surface area contributed by atoms with Crippen LogP contribution in [0.1, 0.15) is 21.5 Å². The van der Waals surface area contributed by atoms with Gasteiger partial charge in [-0.25, -0.2) is 13.1 Å². The summed E-state index contributed by atoms with van der Waals surface area (Å²) >= 11 is 0. The summed E-state index contributed by atoms with van der Waals surface area (Å²) in [6.07, 6.45) is 3.14. The lowest BCUT2D eigenvalue weighted by Gasteiger charge is -2.10. The van der Waals surface area contributed by atoms with Gasteiger partial charge in [0.1, 0.15) is 0 Å². The molecule has 0 spiro atoms. The highest BCUT2D eigenvalue weighted by Gasteiger charge is 2.18. The average Bonchev–Trinajstić information content (AvgIpc) is 2.88. The Morgan fingerprint density at radius 3 is 2.55 bits per heavy atom. The summed E-state index contributed by atoms with van der Waals surface area (Å²) in [5.41, 5.74) is 3.23. The number of hydrogen-bond donors (Lipinski definition) is 2. The second kappa shape index (κ2) is 5.70. The zero-order valence-corrected chi connectivity index (χ0v) is 13.2. The molecule has 0 radical (unpaired) electrons. The van der Waals surface area contributed by atoms with Crippen molar-refractivity contribution in [3.63, 3.8) is 0 Å². The first kappa shape index (κ1) is 15.0. The molecule has 0 bridgehead atoms. The van der Waals surface area contributed by atoms with Crippen LogP contribution in [0.2, 0.25) is 0 Å². The van der Waals surface area contributed by atoms with Gasteiger partial charge in [0.2, 0.25) is 10.0 Å². The Kier molecular flexibility index (Phi) is 3.88. The van der Waals surface area contributed by atoms with Crippen molar-refractivity contribution in [2.45, 2.75) is 12.8 Å². The van der Waals surface area contributed by atoms with Gasteiger partial charge in [-0.1, -0.05) is 24.3 Å². The van der Waals surface area contributed by atoms with E-state index in [4.69, 9.17) is 0 Å². The Hall–Kier alpha value is -1.92. The number of carbonyl (C=O) groups excluding carboxylic acids is 1. The molecule has 0 aliphatic heterocycles. The van der Waals surface area contributed by atoms with Crippen molar-refractivity contribution in [2.75, 3.05) is 19.3 Å². The van der Waals surface area contributed by atoms with Crippen LogP contribution < -0.4 is 10.0 Å². The van der Waals surface area contributed by atoms with E-state index in [9.17, 15) is 13.2 Å². The lowest BCUT2D eigenvalue weighted by Crippen LogP contribution is -2.34. The molecule has 0 heterocycles. The van der Waals surface area contributed by atoms with Crippen molar-refractivity contribution in [1.82, 2.24) is 10.0 Å². The van der Waals surface area contributed by atoms with Crippen LogP contribution in [0, 0.1) is 0 Å². The molecule has 1 aliphatic carbocycles. The minimum Gasteiger partial charge on any atom is -0.351 e. The second-order valence-electron chi connectivity index (χ2n) is 5.53. The molecule has 2 aromatic carbocycles. The summed E-state index contributed by atoms with van der Waals surface area (Å²) in [5, 5.41) is 4.93. The van der Waals surface area contributed by atoms with Crippen molar-refractivity contribution in [1.29, 1.82) is 0 Å². The molecule has 0 saturated heterocycles. The van der Waals surface area contributed by atoms with E-state index in [1.165, 1.54) is 16.5 Å². The molecule has 5 nitrogen and oxygen atoms in total. The molecular formula is C16H18N2O3S. The lowest BCUT2D eigenvalue weighted by molar-refractivity contribution is 0.0956. The van der Waals surface area contributed by atoms with Crippen LogP contribution in [0.15, 0.2) is 30.3 Å². The van der Waals surface area contributed by atoms with Crippen molar-refractivity contribution < 1.29 is 13.2 Å². The van der Waals surface area contributed by atoms with E-state index in [2.05, 4.69) is 16.1 Å². The van der Waals surface area contributed by atoms with E-state index in [0.717, 1.165) is 24.5 Å². The van der Waals surface area contributed by atoms with E-state index in [1.54, 1.807) is 0 Å². The van der Waals surface area contributed by atoms with Gasteiger partial charge in [-0.15, -0.1) is 0 Å². The van der Waals surface area contributed by atoms with Gasteiger partial charge in [-0.2, -0.15) is 0 Å². The quantitative estimate of drug-likeness (QED) is 0.814. The summed E-state index contributed by atoms with van der Waals surface area (Å²) in [6, 6.07) is 9.93. The van der Waals surface area contributed by atoms with E-state index >= 15 is 0 Å². The standard InChI is InChI=1S/C16H18N2O3S/c1-22(20,21)18-10-9-17-16(19)14-8-7-12-6-5-11-3-2-4-13(14)15(11)12/h2-4,7-8,18H,5-6,9-10H2,1H3,(H,17,19). The maximum Gasteiger partial charge on any atom is 0.251 e. The fourth-order valence-corrected chi connectivity index (χ4v) is 3.43. The smallest absolute Gasteiger partial charge is 0.251 e. The van der Waals surface area contributed by atoms with Crippen molar-refractivity contribution >= 4 is 26.7 Å².